The van der Waals surface area contributed by atoms with Crippen molar-refractivity contribution in [3.8, 4) is 0 Å². The molecule has 30 heavy (non-hydrogen) atoms. The van der Waals surface area contributed by atoms with Crippen molar-refractivity contribution in [3.63, 3.8) is 0 Å². The predicted molar refractivity (Wildman–Crippen MR) is 129 cm³/mol. The van der Waals surface area contributed by atoms with Crippen LogP contribution in [-0.2, 0) is 10.1 Å². The van der Waals surface area contributed by atoms with Crippen LogP contribution in [0.5, 0.6) is 0 Å². The highest BCUT2D eigenvalue weighted by atomic mass is 32.2. The van der Waals surface area contributed by atoms with Gasteiger partial charge in [-0.3, -0.25) is 4.55 Å². The summed E-state index contributed by atoms with van der Waals surface area (Å²) in [6.07, 6.45) is 20.9. The molecule has 0 aliphatic heterocycles. The monoisotopic (exact) mass is 453 g/mol. The third-order valence-electron chi connectivity index (χ3n) is 6.02. The van der Waals surface area contributed by atoms with Crippen LogP contribution < -0.4 is 6.15 Å². The van der Waals surface area contributed by atoms with E-state index in [1.54, 1.807) is 0 Å². The Morgan fingerprint density at radius 3 is 1.03 bits per heavy atom. The van der Waals surface area contributed by atoms with Gasteiger partial charge in [-0.1, -0.05) is 123 Å². The number of halogens is 1. The summed E-state index contributed by atoms with van der Waals surface area (Å²) in [6.45, 7) is 4.41. The van der Waals surface area contributed by atoms with Crippen LogP contribution >= 0.6 is 0 Å². The van der Waals surface area contributed by atoms with E-state index in [4.69, 9.17) is 0 Å². The molecule has 0 aromatic carbocycles. The number of rotatable bonds is 22. The van der Waals surface area contributed by atoms with Crippen molar-refractivity contribution in [2.24, 2.45) is 0 Å². The van der Waals surface area contributed by atoms with E-state index in [1.165, 1.54) is 70.6 Å². The van der Waals surface area contributed by atoms with Gasteiger partial charge in [0.25, 0.3) is 10.1 Å². The lowest BCUT2D eigenvalue weighted by molar-refractivity contribution is 0.203. The molecule has 4 N–H and O–H groups in total. The Hall–Kier alpha value is -0.200. The van der Waals surface area contributed by atoms with E-state index in [1.807, 2.05) is 0 Å². The molecule has 0 bridgehead atoms. The molecule has 1 atom stereocenters. The molecule has 4 nitrogen and oxygen atoms in total. The second-order valence-electron chi connectivity index (χ2n) is 8.87. The molecule has 1 unspecified atom stereocenters. The maximum absolute atomic E-state index is 14.9. The molecule has 0 saturated carbocycles. The molecule has 0 radical (unpaired) electrons. The average molecular weight is 454 g/mol. The average Bonchev–Trinajstić information content (AvgIpc) is 2.67. The maximum atomic E-state index is 14.9. The highest BCUT2D eigenvalue weighted by molar-refractivity contribution is 7.87. The van der Waals surface area contributed by atoms with Crippen LogP contribution in [0.1, 0.15) is 149 Å². The van der Waals surface area contributed by atoms with Crippen molar-refractivity contribution in [2.45, 2.75) is 154 Å². The normalized spacial score (nSPS) is 13.7. The molecule has 0 aliphatic carbocycles. The zero-order valence-electron chi connectivity index (χ0n) is 20.1. The summed E-state index contributed by atoms with van der Waals surface area (Å²) in [4.78, 5) is 0. The molecule has 184 valence electrons. The SMILES string of the molecule is CCCCCCCCCCCCCC(F)(CCCCCCCCCC)S(=O)(=O)O.N. The van der Waals surface area contributed by atoms with Gasteiger partial charge in [0.05, 0.1) is 0 Å². The first kappa shape index (κ1) is 32.0. The van der Waals surface area contributed by atoms with Crippen molar-refractivity contribution in [1.29, 1.82) is 0 Å². The molecule has 0 aromatic rings. The zero-order chi connectivity index (χ0) is 21.8. The van der Waals surface area contributed by atoms with E-state index in [2.05, 4.69) is 13.8 Å². The summed E-state index contributed by atoms with van der Waals surface area (Å²) in [5.41, 5.74) is 0. The Balaban J connectivity index is 0. The van der Waals surface area contributed by atoms with E-state index in [-0.39, 0.29) is 19.0 Å². The fourth-order valence-electron chi connectivity index (χ4n) is 3.96. The first-order valence-electron chi connectivity index (χ1n) is 12.5. The van der Waals surface area contributed by atoms with Crippen LogP contribution in [0.3, 0.4) is 0 Å². The van der Waals surface area contributed by atoms with Gasteiger partial charge in [-0.25, -0.2) is 4.39 Å². The Bertz CT molecular complexity index is 459. The minimum absolute atomic E-state index is 0. The molecule has 0 spiro atoms. The number of hydrogen-bond donors (Lipinski definition) is 2. The van der Waals surface area contributed by atoms with Crippen LogP contribution in [0.2, 0.25) is 0 Å². The van der Waals surface area contributed by atoms with Gasteiger partial charge in [0.15, 0.2) is 0 Å². The third-order valence-corrected chi connectivity index (χ3v) is 7.35. The third kappa shape index (κ3) is 17.5. The van der Waals surface area contributed by atoms with Crippen molar-refractivity contribution in [1.82, 2.24) is 6.15 Å². The number of alkyl halides is 1. The first-order valence-corrected chi connectivity index (χ1v) is 14.0. The summed E-state index contributed by atoms with van der Waals surface area (Å²) in [6, 6.07) is 0. The molecule has 0 amide bonds. The van der Waals surface area contributed by atoms with E-state index in [9.17, 15) is 17.4 Å². The second-order valence-corrected chi connectivity index (χ2v) is 10.6. The smallest absolute Gasteiger partial charge is 0.300 e. The quantitative estimate of drug-likeness (QED) is 0.126. The highest BCUT2D eigenvalue weighted by Crippen LogP contribution is 2.32. The van der Waals surface area contributed by atoms with E-state index < -0.39 is 15.1 Å². The Morgan fingerprint density at radius 1 is 0.567 bits per heavy atom. The molecule has 6 heteroatoms. The molecule has 0 saturated heterocycles. The van der Waals surface area contributed by atoms with Crippen LogP contribution in [0.25, 0.3) is 0 Å². The standard InChI is InChI=1S/C24H49FO3S.H3N/c1-3-5-7-9-11-13-14-15-17-19-21-23-24(25,29(26,27)28)22-20-18-16-12-10-8-6-4-2;/h3-23H2,1-2H3,(H,26,27,28);1H3. The van der Waals surface area contributed by atoms with Gasteiger partial charge in [0, 0.05) is 0 Å². The van der Waals surface area contributed by atoms with Crippen molar-refractivity contribution in [3.05, 3.63) is 0 Å². The van der Waals surface area contributed by atoms with Gasteiger partial charge in [0.2, 0.25) is 5.00 Å². The van der Waals surface area contributed by atoms with Crippen molar-refractivity contribution >= 4 is 10.1 Å². The largest absolute Gasteiger partial charge is 0.344 e. The van der Waals surface area contributed by atoms with Gasteiger partial charge in [-0.15, -0.1) is 0 Å². The molecular formula is C24H52FNO3S. The van der Waals surface area contributed by atoms with E-state index in [0.717, 1.165) is 38.5 Å². The van der Waals surface area contributed by atoms with Gasteiger partial charge in [0.1, 0.15) is 0 Å². The maximum Gasteiger partial charge on any atom is 0.300 e. The fourth-order valence-corrected chi connectivity index (χ4v) is 4.76. The van der Waals surface area contributed by atoms with E-state index >= 15 is 0 Å². The molecule has 0 heterocycles. The lowest BCUT2D eigenvalue weighted by Gasteiger charge is -2.22. The molecule has 0 rings (SSSR count). The Morgan fingerprint density at radius 2 is 0.800 bits per heavy atom. The summed E-state index contributed by atoms with van der Waals surface area (Å²) < 4.78 is 47.5. The predicted octanol–water partition coefficient (Wildman–Crippen LogP) is 8.93. The van der Waals surface area contributed by atoms with Crippen LogP contribution in [0.15, 0.2) is 0 Å². The first-order chi connectivity index (χ1) is 13.9. The number of hydrogen-bond acceptors (Lipinski definition) is 3. The summed E-state index contributed by atoms with van der Waals surface area (Å²) in [5.74, 6) is 0. The van der Waals surface area contributed by atoms with Crippen molar-refractivity contribution in [2.75, 3.05) is 0 Å². The minimum atomic E-state index is -4.65. The lowest BCUT2D eigenvalue weighted by atomic mass is 10.0. The fraction of sp³-hybridized carbons (Fsp3) is 1.00. The Kier molecular flexibility index (Phi) is 22.1. The molecule has 0 aliphatic rings. The zero-order valence-corrected chi connectivity index (χ0v) is 20.9. The minimum Gasteiger partial charge on any atom is -0.344 e. The molecule has 0 fully saturated rings. The number of unbranched alkanes of at least 4 members (excludes halogenated alkanes) is 17. The van der Waals surface area contributed by atoms with Gasteiger partial charge in [-0.2, -0.15) is 8.42 Å². The lowest BCUT2D eigenvalue weighted by Crippen LogP contribution is -2.33. The van der Waals surface area contributed by atoms with Crippen LogP contribution in [0.4, 0.5) is 4.39 Å². The highest BCUT2D eigenvalue weighted by Gasteiger charge is 2.42. The second kappa shape index (κ2) is 20.7. The van der Waals surface area contributed by atoms with E-state index in [0.29, 0.717) is 12.8 Å². The van der Waals surface area contributed by atoms with Gasteiger partial charge < -0.3 is 6.15 Å². The topological polar surface area (TPSA) is 89.4 Å². The van der Waals surface area contributed by atoms with Crippen molar-refractivity contribution < 1.29 is 17.4 Å². The van der Waals surface area contributed by atoms with Gasteiger partial charge in [-0.05, 0) is 25.7 Å². The summed E-state index contributed by atoms with van der Waals surface area (Å²) >= 11 is 0. The Labute approximate surface area is 187 Å². The molecule has 0 aromatic heterocycles. The van der Waals surface area contributed by atoms with Gasteiger partial charge >= 0.3 is 0 Å². The van der Waals surface area contributed by atoms with Crippen LogP contribution in [0, 0.1) is 0 Å². The molecular weight excluding hydrogens is 401 g/mol. The summed E-state index contributed by atoms with van der Waals surface area (Å²) in [5, 5.41) is -2.45. The van der Waals surface area contributed by atoms with Crippen LogP contribution in [-0.4, -0.2) is 18.0 Å². The summed E-state index contributed by atoms with van der Waals surface area (Å²) in [7, 11) is -4.65.